The van der Waals surface area contributed by atoms with Gasteiger partial charge in [-0.25, -0.2) is 0 Å². The molecule has 0 bridgehead atoms. The maximum Gasteiger partial charge on any atom is 0.139 e. The summed E-state index contributed by atoms with van der Waals surface area (Å²) in [5.41, 5.74) is -0.202. The number of ether oxygens (including phenoxy) is 1. The lowest BCUT2D eigenvalue weighted by atomic mass is 10.2. The van der Waals surface area contributed by atoms with Gasteiger partial charge >= 0.3 is 0 Å². The first-order valence-corrected chi connectivity index (χ1v) is 4.15. The van der Waals surface area contributed by atoms with E-state index in [9.17, 15) is 0 Å². The number of hydrogen-bond acceptors (Lipinski definition) is 2. The van der Waals surface area contributed by atoms with Gasteiger partial charge < -0.3 is 4.74 Å². The summed E-state index contributed by atoms with van der Waals surface area (Å²) in [6.45, 7) is 5.94. The van der Waals surface area contributed by atoms with Crippen LogP contribution in [0.4, 0.5) is 0 Å². The van der Waals surface area contributed by atoms with E-state index in [1.807, 2.05) is 20.8 Å². The van der Waals surface area contributed by atoms with Gasteiger partial charge in [-0.1, -0.05) is 11.6 Å². The van der Waals surface area contributed by atoms with Gasteiger partial charge in [0.1, 0.15) is 11.4 Å². The van der Waals surface area contributed by atoms with Gasteiger partial charge in [0.25, 0.3) is 0 Å². The molecule has 0 aromatic carbocycles. The van der Waals surface area contributed by atoms with Gasteiger partial charge in [-0.15, -0.1) is 0 Å². The zero-order valence-electron chi connectivity index (χ0n) is 7.47. The second-order valence-electron chi connectivity index (χ2n) is 3.55. The molecule has 0 saturated carbocycles. The number of aromatic nitrogens is 1. The molecule has 1 aromatic rings. The molecule has 2 nitrogen and oxygen atoms in total. The summed E-state index contributed by atoms with van der Waals surface area (Å²) in [6.07, 6.45) is 3.23. The maximum absolute atomic E-state index is 5.73. The normalized spacial score (nSPS) is 11.3. The van der Waals surface area contributed by atoms with E-state index in [2.05, 4.69) is 4.98 Å². The molecule has 0 unspecified atom stereocenters. The molecule has 1 rings (SSSR count). The first-order chi connectivity index (χ1) is 5.47. The molecule has 0 aliphatic heterocycles. The zero-order valence-corrected chi connectivity index (χ0v) is 8.22. The van der Waals surface area contributed by atoms with E-state index in [1.165, 1.54) is 0 Å². The molecule has 0 aliphatic carbocycles. The molecule has 0 radical (unpaired) electrons. The smallest absolute Gasteiger partial charge is 0.139 e. The Kier molecular flexibility index (Phi) is 2.58. The highest BCUT2D eigenvalue weighted by atomic mass is 35.5. The molecule has 1 aromatic heterocycles. The minimum Gasteiger partial charge on any atom is -0.486 e. The quantitative estimate of drug-likeness (QED) is 0.671. The van der Waals surface area contributed by atoms with Crippen molar-refractivity contribution in [2.45, 2.75) is 26.4 Å². The molecule has 1 heterocycles. The van der Waals surface area contributed by atoms with Gasteiger partial charge in [-0.3, -0.25) is 4.98 Å². The molecule has 0 aliphatic rings. The Labute approximate surface area is 77.5 Å². The lowest BCUT2D eigenvalue weighted by molar-refractivity contribution is 0.130. The minimum atomic E-state index is -0.202. The fourth-order valence-corrected chi connectivity index (χ4v) is 0.966. The Bertz CT molecular complexity index is 267. The van der Waals surface area contributed by atoms with Gasteiger partial charge in [0, 0.05) is 12.3 Å². The highest BCUT2D eigenvalue weighted by Gasteiger charge is 2.11. The van der Waals surface area contributed by atoms with Gasteiger partial charge in [0.2, 0.25) is 0 Å². The van der Waals surface area contributed by atoms with Crippen molar-refractivity contribution in [1.29, 1.82) is 0 Å². The van der Waals surface area contributed by atoms with E-state index in [1.54, 1.807) is 18.5 Å². The summed E-state index contributed by atoms with van der Waals surface area (Å²) in [5, 5.41) is 0.594. The predicted octanol–water partition coefficient (Wildman–Crippen LogP) is 2.91. The Balaban J connectivity index is 2.77. The molecule has 0 N–H and O–H groups in total. The molecule has 66 valence electrons. The van der Waals surface area contributed by atoms with Crippen molar-refractivity contribution in [3.63, 3.8) is 0 Å². The maximum atomic E-state index is 5.73. The van der Waals surface area contributed by atoms with Crippen molar-refractivity contribution in [2.75, 3.05) is 0 Å². The standard InChI is InChI=1S/C9H12ClNO/c1-9(2,3)12-8-4-7(10)5-11-6-8/h4-6H,1-3H3. The zero-order chi connectivity index (χ0) is 9.19. The van der Waals surface area contributed by atoms with Gasteiger partial charge in [0.05, 0.1) is 11.2 Å². The summed E-state index contributed by atoms with van der Waals surface area (Å²) in [5.74, 6) is 0.704. The summed E-state index contributed by atoms with van der Waals surface area (Å²) < 4.78 is 5.54. The van der Waals surface area contributed by atoms with Crippen LogP contribution in [-0.4, -0.2) is 10.6 Å². The summed E-state index contributed by atoms with van der Waals surface area (Å²) in [6, 6.07) is 1.75. The van der Waals surface area contributed by atoms with Crippen molar-refractivity contribution in [3.05, 3.63) is 23.5 Å². The SMILES string of the molecule is CC(C)(C)Oc1cncc(Cl)c1. The average molecular weight is 186 g/mol. The van der Waals surface area contributed by atoms with Crippen molar-refractivity contribution in [3.8, 4) is 5.75 Å². The Morgan fingerprint density at radius 3 is 2.50 bits per heavy atom. The lowest BCUT2D eigenvalue weighted by Gasteiger charge is -2.20. The number of hydrogen-bond donors (Lipinski definition) is 0. The van der Waals surface area contributed by atoms with Crippen molar-refractivity contribution < 1.29 is 4.74 Å². The molecule has 0 spiro atoms. The van der Waals surface area contributed by atoms with Crippen LogP contribution in [0.5, 0.6) is 5.75 Å². The van der Waals surface area contributed by atoms with Crippen LogP contribution in [0.2, 0.25) is 5.02 Å². The van der Waals surface area contributed by atoms with Gasteiger partial charge in [-0.2, -0.15) is 0 Å². The Hall–Kier alpha value is -0.760. The second-order valence-corrected chi connectivity index (χ2v) is 3.99. The molecular weight excluding hydrogens is 174 g/mol. The van der Waals surface area contributed by atoms with E-state index < -0.39 is 0 Å². The van der Waals surface area contributed by atoms with Crippen LogP contribution < -0.4 is 4.74 Å². The van der Waals surface area contributed by atoms with E-state index >= 15 is 0 Å². The topological polar surface area (TPSA) is 22.1 Å². The van der Waals surface area contributed by atoms with Crippen molar-refractivity contribution >= 4 is 11.6 Å². The monoisotopic (exact) mass is 185 g/mol. The lowest BCUT2D eigenvalue weighted by Crippen LogP contribution is -2.22. The predicted molar refractivity (Wildman–Crippen MR) is 49.6 cm³/mol. The molecular formula is C9H12ClNO. The van der Waals surface area contributed by atoms with Crippen molar-refractivity contribution in [2.24, 2.45) is 0 Å². The third-order valence-corrected chi connectivity index (χ3v) is 1.31. The third-order valence-electron chi connectivity index (χ3n) is 1.10. The highest BCUT2D eigenvalue weighted by Crippen LogP contribution is 2.19. The Morgan fingerprint density at radius 2 is 2.00 bits per heavy atom. The first-order valence-electron chi connectivity index (χ1n) is 3.77. The Morgan fingerprint density at radius 1 is 1.33 bits per heavy atom. The summed E-state index contributed by atoms with van der Waals surface area (Å²) in [7, 11) is 0. The largest absolute Gasteiger partial charge is 0.486 e. The van der Waals surface area contributed by atoms with Crippen LogP contribution in [0.25, 0.3) is 0 Å². The molecule has 0 atom stereocenters. The van der Waals surface area contributed by atoms with Gasteiger partial charge in [0.15, 0.2) is 0 Å². The van der Waals surface area contributed by atoms with E-state index in [0.29, 0.717) is 10.8 Å². The summed E-state index contributed by atoms with van der Waals surface area (Å²) >= 11 is 5.73. The minimum absolute atomic E-state index is 0.202. The molecule has 0 saturated heterocycles. The van der Waals surface area contributed by atoms with Crippen LogP contribution in [-0.2, 0) is 0 Å². The third kappa shape index (κ3) is 3.09. The highest BCUT2D eigenvalue weighted by molar-refractivity contribution is 6.30. The van der Waals surface area contributed by atoms with E-state index in [-0.39, 0.29) is 5.60 Å². The molecule has 3 heteroatoms. The average Bonchev–Trinajstić information content (AvgIpc) is 1.82. The number of nitrogens with zero attached hydrogens (tertiary/aromatic N) is 1. The fraction of sp³-hybridized carbons (Fsp3) is 0.444. The van der Waals surface area contributed by atoms with Crippen molar-refractivity contribution in [1.82, 2.24) is 4.98 Å². The van der Waals surface area contributed by atoms with Crippen LogP contribution >= 0.6 is 11.6 Å². The fourth-order valence-electron chi connectivity index (χ4n) is 0.802. The molecule has 0 fully saturated rings. The number of pyridine rings is 1. The van der Waals surface area contributed by atoms with Crippen LogP contribution in [0.3, 0.4) is 0 Å². The number of rotatable bonds is 1. The van der Waals surface area contributed by atoms with Crippen LogP contribution in [0.15, 0.2) is 18.5 Å². The van der Waals surface area contributed by atoms with E-state index in [4.69, 9.17) is 16.3 Å². The molecule has 12 heavy (non-hydrogen) atoms. The summed E-state index contributed by atoms with van der Waals surface area (Å²) in [4.78, 5) is 3.91. The number of halogens is 1. The first kappa shape index (κ1) is 9.33. The van der Waals surface area contributed by atoms with E-state index in [0.717, 1.165) is 0 Å². The second kappa shape index (κ2) is 3.31. The molecule has 0 amide bonds. The van der Waals surface area contributed by atoms with Crippen LogP contribution in [0, 0.1) is 0 Å². The van der Waals surface area contributed by atoms with Gasteiger partial charge in [-0.05, 0) is 20.8 Å². The van der Waals surface area contributed by atoms with Crippen LogP contribution in [0.1, 0.15) is 20.8 Å².